The van der Waals surface area contributed by atoms with Gasteiger partial charge in [0.25, 0.3) is 0 Å². The summed E-state index contributed by atoms with van der Waals surface area (Å²) in [6.07, 6.45) is 1.38. The van der Waals surface area contributed by atoms with Gasteiger partial charge in [0, 0.05) is 17.2 Å². The van der Waals surface area contributed by atoms with Crippen LogP contribution in [0.3, 0.4) is 0 Å². The quantitative estimate of drug-likeness (QED) is 0.573. The Kier molecular flexibility index (Phi) is 1.31. The highest BCUT2D eigenvalue weighted by atomic mass is 16.1. The third-order valence-corrected chi connectivity index (χ3v) is 1.88. The normalized spacial score (nSPS) is 13.6. The molecule has 0 saturated carbocycles. The number of allylic oxidation sites excluding steroid dienone is 2. The lowest BCUT2D eigenvalue weighted by Gasteiger charge is -1.94. The molecule has 0 saturated heterocycles. The number of hydrogen-bond donors (Lipinski definition) is 0. The fraction of sp³-hybridized carbons (Fsp3) is 0. The molecule has 0 bridgehead atoms. The Morgan fingerprint density at radius 1 is 1.17 bits per heavy atom. The molecule has 0 N–H and O–H groups in total. The molecule has 1 aliphatic carbocycles. The van der Waals surface area contributed by atoms with E-state index in [2.05, 4.69) is 0 Å². The molecule has 0 atom stereocenters. The zero-order valence-electron chi connectivity index (χ0n) is 6.24. The number of carbonyl (C=O) groups is 1. The van der Waals surface area contributed by atoms with Crippen molar-refractivity contribution in [2.45, 2.75) is 0 Å². The third-order valence-electron chi connectivity index (χ3n) is 1.88. The second-order valence-electron chi connectivity index (χ2n) is 2.58. The molecule has 2 heteroatoms. The zero-order valence-corrected chi connectivity index (χ0v) is 6.24. The molecule has 12 heavy (non-hydrogen) atoms. The van der Waals surface area contributed by atoms with Crippen LogP contribution in [0.1, 0.15) is 15.9 Å². The summed E-state index contributed by atoms with van der Waals surface area (Å²) < 4.78 is 0. The first kappa shape index (κ1) is 6.81. The lowest BCUT2D eigenvalue weighted by atomic mass is 10.1. The van der Waals surface area contributed by atoms with Gasteiger partial charge >= 0.3 is 0 Å². The van der Waals surface area contributed by atoms with Gasteiger partial charge in [0.05, 0.1) is 11.6 Å². The molecule has 1 aromatic carbocycles. The van der Waals surface area contributed by atoms with Gasteiger partial charge in [0.2, 0.25) is 0 Å². The first-order valence-corrected chi connectivity index (χ1v) is 3.58. The van der Waals surface area contributed by atoms with Crippen LogP contribution in [0.2, 0.25) is 0 Å². The minimum Gasteiger partial charge on any atom is -0.289 e. The average Bonchev–Trinajstić information content (AvgIpc) is 2.44. The number of nitrogens with zero attached hydrogens (tertiary/aromatic N) is 1. The summed E-state index contributed by atoms with van der Waals surface area (Å²) in [7, 11) is 0. The molecule has 0 radical (unpaired) electrons. The van der Waals surface area contributed by atoms with E-state index in [1.807, 2.05) is 12.1 Å². The van der Waals surface area contributed by atoms with Gasteiger partial charge in [-0.05, 0) is 0 Å². The van der Waals surface area contributed by atoms with E-state index in [9.17, 15) is 4.79 Å². The van der Waals surface area contributed by atoms with Crippen LogP contribution in [0.4, 0.5) is 0 Å². The summed E-state index contributed by atoms with van der Waals surface area (Å²) in [5, 5.41) is 8.66. The Hall–Kier alpha value is -1.88. The van der Waals surface area contributed by atoms with Crippen LogP contribution in [0.5, 0.6) is 0 Å². The highest BCUT2D eigenvalue weighted by molar-refractivity contribution is 6.18. The van der Waals surface area contributed by atoms with Crippen LogP contribution < -0.4 is 0 Å². The van der Waals surface area contributed by atoms with Gasteiger partial charge in [0.1, 0.15) is 0 Å². The monoisotopic (exact) mass is 155 g/mol. The van der Waals surface area contributed by atoms with E-state index in [0.717, 1.165) is 5.56 Å². The third kappa shape index (κ3) is 0.770. The zero-order chi connectivity index (χ0) is 8.55. The Balaban J connectivity index is 2.70. The lowest BCUT2D eigenvalue weighted by molar-refractivity contribution is 0.105. The predicted molar refractivity (Wildman–Crippen MR) is 44.4 cm³/mol. The molecule has 0 fully saturated rings. The second kappa shape index (κ2) is 2.31. The topological polar surface area (TPSA) is 40.9 Å². The van der Waals surface area contributed by atoms with Gasteiger partial charge in [-0.3, -0.25) is 4.79 Å². The highest BCUT2D eigenvalue weighted by Crippen LogP contribution is 2.25. The Morgan fingerprint density at radius 2 is 1.83 bits per heavy atom. The Labute approximate surface area is 69.7 Å². The number of fused-ring (bicyclic) bond motifs is 1. The maximum atomic E-state index is 11.2. The van der Waals surface area contributed by atoms with Crippen LogP contribution in [-0.2, 0) is 0 Å². The highest BCUT2D eigenvalue weighted by Gasteiger charge is 2.19. The molecule has 0 amide bonds. The van der Waals surface area contributed by atoms with Crippen molar-refractivity contribution in [1.29, 1.82) is 5.26 Å². The molecular weight excluding hydrogens is 150 g/mol. The van der Waals surface area contributed by atoms with Crippen molar-refractivity contribution in [1.82, 2.24) is 0 Å². The molecule has 2 nitrogen and oxygen atoms in total. The maximum Gasteiger partial charge on any atom is 0.187 e. The number of hydrogen-bond acceptors (Lipinski definition) is 2. The van der Waals surface area contributed by atoms with E-state index < -0.39 is 0 Å². The Bertz CT molecular complexity index is 424. The van der Waals surface area contributed by atoms with E-state index in [-0.39, 0.29) is 5.78 Å². The van der Waals surface area contributed by atoms with Crippen molar-refractivity contribution in [3.63, 3.8) is 0 Å². The number of carbonyl (C=O) groups excluding carboxylic acids is 1. The van der Waals surface area contributed by atoms with E-state index >= 15 is 0 Å². The van der Waals surface area contributed by atoms with Crippen molar-refractivity contribution in [2.75, 3.05) is 0 Å². The first-order chi connectivity index (χ1) is 5.83. The Morgan fingerprint density at radius 3 is 2.50 bits per heavy atom. The van der Waals surface area contributed by atoms with E-state index in [4.69, 9.17) is 5.26 Å². The average molecular weight is 155 g/mol. The van der Waals surface area contributed by atoms with Crippen LogP contribution in [0.25, 0.3) is 5.57 Å². The molecule has 0 spiro atoms. The molecule has 1 aliphatic rings. The summed E-state index contributed by atoms with van der Waals surface area (Å²) in [5.74, 6) is -0.0675. The summed E-state index contributed by atoms with van der Waals surface area (Å²) in [4.78, 5) is 11.2. The van der Waals surface area contributed by atoms with Crippen molar-refractivity contribution in [3.8, 4) is 6.07 Å². The first-order valence-electron chi connectivity index (χ1n) is 3.58. The van der Waals surface area contributed by atoms with Crippen LogP contribution in [-0.4, -0.2) is 5.78 Å². The predicted octanol–water partition coefficient (Wildman–Crippen LogP) is 1.79. The number of benzene rings is 1. The minimum absolute atomic E-state index is 0.0675. The van der Waals surface area contributed by atoms with Crippen LogP contribution >= 0.6 is 0 Å². The van der Waals surface area contributed by atoms with Gasteiger partial charge in [0.15, 0.2) is 5.78 Å². The summed E-state index contributed by atoms with van der Waals surface area (Å²) >= 11 is 0. The summed E-state index contributed by atoms with van der Waals surface area (Å²) in [5.41, 5.74) is 1.86. The summed E-state index contributed by atoms with van der Waals surface area (Å²) in [6.45, 7) is 0. The minimum atomic E-state index is -0.0675. The fourth-order valence-corrected chi connectivity index (χ4v) is 1.31. The van der Waals surface area contributed by atoms with Crippen molar-refractivity contribution in [3.05, 3.63) is 41.5 Å². The standard InChI is InChI=1S/C10H5NO/c11-6-7-5-10(12)9-4-2-1-3-8(7)9/h1-5H. The molecule has 1 aromatic rings. The van der Waals surface area contributed by atoms with E-state index in [1.165, 1.54) is 6.08 Å². The van der Waals surface area contributed by atoms with Crippen molar-refractivity contribution >= 4 is 11.4 Å². The maximum absolute atomic E-state index is 11.2. The molecule has 0 aliphatic heterocycles. The van der Waals surface area contributed by atoms with Crippen LogP contribution in [0, 0.1) is 11.3 Å². The molecule has 0 aromatic heterocycles. The number of ketones is 1. The van der Waals surface area contributed by atoms with Crippen LogP contribution in [0.15, 0.2) is 30.3 Å². The van der Waals surface area contributed by atoms with Gasteiger partial charge < -0.3 is 0 Å². The van der Waals surface area contributed by atoms with Gasteiger partial charge in [-0.25, -0.2) is 0 Å². The molecule has 0 unspecified atom stereocenters. The van der Waals surface area contributed by atoms with Gasteiger partial charge in [-0.1, -0.05) is 24.3 Å². The van der Waals surface area contributed by atoms with Crippen molar-refractivity contribution < 1.29 is 4.79 Å². The SMILES string of the molecule is N#CC1=CC(=O)c2ccccc21. The van der Waals surface area contributed by atoms with E-state index in [0.29, 0.717) is 11.1 Å². The smallest absolute Gasteiger partial charge is 0.187 e. The fourth-order valence-electron chi connectivity index (χ4n) is 1.31. The molecule has 56 valence electrons. The number of nitriles is 1. The molecule has 2 rings (SSSR count). The van der Waals surface area contributed by atoms with Crippen molar-refractivity contribution in [2.24, 2.45) is 0 Å². The van der Waals surface area contributed by atoms with Gasteiger partial charge in [-0.15, -0.1) is 0 Å². The lowest BCUT2D eigenvalue weighted by Crippen LogP contribution is -1.89. The second-order valence-corrected chi connectivity index (χ2v) is 2.58. The van der Waals surface area contributed by atoms with E-state index in [1.54, 1.807) is 18.2 Å². The molecule has 0 heterocycles. The largest absolute Gasteiger partial charge is 0.289 e. The summed E-state index contributed by atoms with van der Waals surface area (Å²) in [6, 6.07) is 9.13. The molecular formula is C10H5NO. The number of rotatable bonds is 0. The van der Waals surface area contributed by atoms with Gasteiger partial charge in [-0.2, -0.15) is 5.26 Å².